The minimum Gasteiger partial charge on any atom is -0.319 e. The number of carbonyl (C=O) groups excluding carboxylic acids is 1. The Hall–Kier alpha value is -1.74. The molecular formula is C13H7ClFIN2O3. The van der Waals surface area contributed by atoms with Crippen molar-refractivity contribution >= 4 is 51.5 Å². The molecule has 1 N–H and O–H groups in total. The summed E-state index contributed by atoms with van der Waals surface area (Å²) in [5, 5.41) is 13.2. The number of amides is 1. The zero-order valence-electron chi connectivity index (χ0n) is 10.3. The molecule has 5 nitrogen and oxygen atoms in total. The maximum absolute atomic E-state index is 13.6. The zero-order valence-corrected chi connectivity index (χ0v) is 13.2. The molecule has 2 aromatic rings. The van der Waals surface area contributed by atoms with Gasteiger partial charge in [-0.05, 0) is 46.9 Å². The van der Waals surface area contributed by atoms with Gasteiger partial charge in [-0.2, -0.15) is 0 Å². The van der Waals surface area contributed by atoms with E-state index in [0.29, 0.717) is 0 Å². The smallest absolute Gasteiger partial charge is 0.271 e. The number of nitrogens with one attached hydrogen (secondary N) is 1. The first kappa shape index (κ1) is 15.6. The summed E-state index contributed by atoms with van der Waals surface area (Å²) in [6.45, 7) is 0. The van der Waals surface area contributed by atoms with E-state index in [0.717, 1.165) is 21.8 Å². The summed E-state index contributed by atoms with van der Waals surface area (Å²) in [5.41, 5.74) is -0.431. The average Bonchev–Trinajstić information content (AvgIpc) is 2.43. The lowest BCUT2D eigenvalue weighted by atomic mass is 10.2. The number of rotatable bonds is 3. The van der Waals surface area contributed by atoms with E-state index >= 15 is 0 Å². The van der Waals surface area contributed by atoms with Crippen molar-refractivity contribution in [2.45, 2.75) is 0 Å². The number of carbonyl (C=O) groups is 1. The van der Waals surface area contributed by atoms with Crippen molar-refractivity contribution in [1.29, 1.82) is 0 Å². The first-order valence-corrected chi connectivity index (χ1v) is 7.04. The molecule has 0 aliphatic heterocycles. The molecule has 8 heteroatoms. The lowest BCUT2D eigenvalue weighted by molar-refractivity contribution is -0.384. The van der Waals surface area contributed by atoms with E-state index in [2.05, 4.69) is 5.32 Å². The Balaban J connectivity index is 2.33. The van der Waals surface area contributed by atoms with Gasteiger partial charge in [0.2, 0.25) is 0 Å². The minimum absolute atomic E-state index is 0.162. The summed E-state index contributed by atoms with van der Waals surface area (Å²) in [4.78, 5) is 22.1. The lowest BCUT2D eigenvalue weighted by Gasteiger charge is -2.08. The molecule has 0 radical (unpaired) electrons. The van der Waals surface area contributed by atoms with Crippen molar-refractivity contribution in [3.63, 3.8) is 0 Å². The first-order chi connectivity index (χ1) is 9.88. The summed E-state index contributed by atoms with van der Waals surface area (Å²) < 4.78 is 14.4. The Labute approximate surface area is 137 Å². The van der Waals surface area contributed by atoms with Crippen LogP contribution < -0.4 is 5.32 Å². The van der Waals surface area contributed by atoms with Crippen molar-refractivity contribution in [3.8, 4) is 0 Å². The summed E-state index contributed by atoms with van der Waals surface area (Å²) in [6, 6.07) is 7.69. The molecule has 0 heterocycles. The number of anilines is 1. The van der Waals surface area contributed by atoms with Crippen LogP contribution in [0.3, 0.4) is 0 Å². The maximum Gasteiger partial charge on any atom is 0.271 e. The van der Waals surface area contributed by atoms with Crippen LogP contribution in [0.4, 0.5) is 15.8 Å². The second-order valence-corrected chi connectivity index (χ2v) is 5.65. The topological polar surface area (TPSA) is 72.2 Å². The zero-order chi connectivity index (χ0) is 15.6. The Bertz CT molecular complexity index is 739. The van der Waals surface area contributed by atoms with Crippen LogP contribution in [0.2, 0.25) is 5.02 Å². The Kier molecular flexibility index (Phi) is 4.73. The molecule has 2 aromatic carbocycles. The third-order valence-electron chi connectivity index (χ3n) is 2.58. The number of benzene rings is 2. The highest BCUT2D eigenvalue weighted by atomic mass is 127. The van der Waals surface area contributed by atoms with Gasteiger partial charge >= 0.3 is 0 Å². The number of nitrogens with zero attached hydrogens (tertiary/aromatic N) is 1. The van der Waals surface area contributed by atoms with Gasteiger partial charge in [0.05, 0.1) is 21.2 Å². The van der Waals surface area contributed by atoms with Crippen molar-refractivity contribution < 1.29 is 14.1 Å². The summed E-state index contributed by atoms with van der Waals surface area (Å²) >= 11 is 7.92. The molecule has 2 rings (SSSR count). The number of non-ortho nitro benzene ring substituents is 1. The van der Waals surface area contributed by atoms with E-state index in [1.807, 2.05) is 22.6 Å². The van der Waals surface area contributed by atoms with Crippen LogP contribution in [-0.2, 0) is 0 Å². The highest BCUT2D eigenvalue weighted by Gasteiger charge is 2.16. The SMILES string of the molecule is O=C(Nc1cc([N+](=O)[O-])ccc1F)c1cc(I)ccc1Cl. The Morgan fingerprint density at radius 2 is 2.00 bits per heavy atom. The van der Waals surface area contributed by atoms with Gasteiger partial charge in [-0.1, -0.05) is 11.6 Å². The molecule has 0 unspecified atom stereocenters. The molecule has 0 fully saturated rings. The van der Waals surface area contributed by atoms with E-state index in [1.54, 1.807) is 12.1 Å². The fraction of sp³-hybridized carbons (Fsp3) is 0. The Morgan fingerprint density at radius 3 is 2.67 bits per heavy atom. The summed E-state index contributed by atoms with van der Waals surface area (Å²) in [5.74, 6) is -1.41. The van der Waals surface area contributed by atoms with E-state index in [-0.39, 0.29) is 22.0 Å². The predicted octanol–water partition coefficient (Wildman–Crippen LogP) is 4.24. The first-order valence-electron chi connectivity index (χ1n) is 5.59. The maximum atomic E-state index is 13.6. The van der Waals surface area contributed by atoms with Crippen LogP contribution in [0, 0.1) is 19.5 Å². The van der Waals surface area contributed by atoms with Gasteiger partial charge in [0.15, 0.2) is 0 Å². The molecule has 0 bridgehead atoms. The predicted molar refractivity (Wildman–Crippen MR) is 85.2 cm³/mol. The van der Waals surface area contributed by atoms with Crippen LogP contribution >= 0.6 is 34.2 Å². The molecule has 0 saturated carbocycles. The van der Waals surface area contributed by atoms with Gasteiger partial charge in [0.25, 0.3) is 11.6 Å². The van der Waals surface area contributed by atoms with Crippen molar-refractivity contribution in [2.75, 3.05) is 5.32 Å². The molecule has 0 saturated heterocycles. The largest absolute Gasteiger partial charge is 0.319 e. The third kappa shape index (κ3) is 3.67. The number of hydrogen-bond donors (Lipinski definition) is 1. The van der Waals surface area contributed by atoms with E-state index < -0.39 is 16.6 Å². The minimum atomic E-state index is -0.768. The van der Waals surface area contributed by atoms with Crippen LogP contribution in [0.15, 0.2) is 36.4 Å². The van der Waals surface area contributed by atoms with Gasteiger partial charge < -0.3 is 5.32 Å². The molecule has 1 amide bonds. The van der Waals surface area contributed by atoms with Gasteiger partial charge in [0.1, 0.15) is 5.82 Å². The van der Waals surface area contributed by atoms with Crippen molar-refractivity contribution in [2.24, 2.45) is 0 Å². The number of nitro benzene ring substituents is 1. The molecule has 108 valence electrons. The van der Waals surface area contributed by atoms with Gasteiger partial charge in [0, 0.05) is 15.7 Å². The third-order valence-corrected chi connectivity index (χ3v) is 3.58. The van der Waals surface area contributed by atoms with E-state index in [4.69, 9.17) is 11.6 Å². The van der Waals surface area contributed by atoms with Crippen LogP contribution in [-0.4, -0.2) is 10.8 Å². The normalized spacial score (nSPS) is 10.2. The quantitative estimate of drug-likeness (QED) is 0.458. The fourth-order valence-electron chi connectivity index (χ4n) is 1.58. The molecule has 0 aliphatic carbocycles. The molecule has 0 spiro atoms. The highest BCUT2D eigenvalue weighted by Crippen LogP contribution is 2.24. The number of hydrogen-bond acceptors (Lipinski definition) is 3. The van der Waals surface area contributed by atoms with Crippen molar-refractivity contribution in [1.82, 2.24) is 0 Å². The van der Waals surface area contributed by atoms with Crippen LogP contribution in [0.1, 0.15) is 10.4 Å². The fourth-order valence-corrected chi connectivity index (χ4v) is 2.28. The molecular weight excluding hydrogens is 414 g/mol. The molecule has 0 aromatic heterocycles. The monoisotopic (exact) mass is 420 g/mol. The van der Waals surface area contributed by atoms with Crippen LogP contribution in [0.5, 0.6) is 0 Å². The average molecular weight is 421 g/mol. The second kappa shape index (κ2) is 6.35. The highest BCUT2D eigenvalue weighted by molar-refractivity contribution is 14.1. The van der Waals surface area contributed by atoms with Crippen LogP contribution in [0.25, 0.3) is 0 Å². The molecule has 0 aliphatic rings. The number of halogens is 3. The van der Waals surface area contributed by atoms with Crippen molar-refractivity contribution in [3.05, 3.63) is 66.5 Å². The molecule has 0 atom stereocenters. The van der Waals surface area contributed by atoms with Gasteiger partial charge in [-0.15, -0.1) is 0 Å². The summed E-state index contributed by atoms with van der Waals surface area (Å²) in [7, 11) is 0. The standard InChI is InChI=1S/C13H7ClFIN2O3/c14-10-3-1-7(16)5-9(10)13(19)17-12-6-8(18(20)21)2-4-11(12)15/h1-6H,(H,17,19). The van der Waals surface area contributed by atoms with Gasteiger partial charge in [-0.3, -0.25) is 14.9 Å². The van der Waals surface area contributed by atoms with E-state index in [1.165, 1.54) is 6.07 Å². The molecule has 21 heavy (non-hydrogen) atoms. The van der Waals surface area contributed by atoms with E-state index in [9.17, 15) is 19.3 Å². The lowest BCUT2D eigenvalue weighted by Crippen LogP contribution is -2.14. The Morgan fingerprint density at radius 1 is 1.29 bits per heavy atom. The second-order valence-electron chi connectivity index (χ2n) is 4.00. The van der Waals surface area contributed by atoms with Gasteiger partial charge in [-0.25, -0.2) is 4.39 Å². The summed E-state index contributed by atoms with van der Waals surface area (Å²) in [6.07, 6.45) is 0. The number of nitro groups is 1.